The van der Waals surface area contributed by atoms with E-state index in [9.17, 15) is 9.59 Å². The summed E-state index contributed by atoms with van der Waals surface area (Å²) in [6.07, 6.45) is 7.30. The van der Waals surface area contributed by atoms with Gasteiger partial charge in [0.05, 0.1) is 19.6 Å². The standard InChI is InChI=1S/C26H38ClNO4/c1-26(2,3)22-15-20(27)11-12-23(22)32-16-17-7-5-8-18(13-17)24(29)28-21-10-6-9-19(14-21)25(30)31-4/h11-12,15,17-19,21H,5-10,13-14,16H2,1-4H3,(H,28,29). The molecular weight excluding hydrogens is 426 g/mol. The van der Waals surface area contributed by atoms with Crippen LogP contribution in [0, 0.1) is 17.8 Å². The molecule has 0 radical (unpaired) electrons. The molecule has 32 heavy (non-hydrogen) atoms. The summed E-state index contributed by atoms with van der Waals surface area (Å²) in [5, 5.41) is 3.94. The maximum Gasteiger partial charge on any atom is 0.308 e. The Morgan fingerprint density at radius 1 is 1.06 bits per heavy atom. The van der Waals surface area contributed by atoms with Crippen LogP contribution in [0.1, 0.15) is 77.7 Å². The van der Waals surface area contributed by atoms with E-state index >= 15 is 0 Å². The molecule has 2 aliphatic carbocycles. The van der Waals surface area contributed by atoms with Crippen LogP contribution < -0.4 is 10.1 Å². The van der Waals surface area contributed by atoms with Gasteiger partial charge in [0.15, 0.2) is 0 Å². The van der Waals surface area contributed by atoms with Crippen LogP contribution in [0.3, 0.4) is 0 Å². The number of carbonyl (C=O) groups is 2. The number of ether oxygens (including phenoxy) is 2. The highest BCUT2D eigenvalue weighted by atomic mass is 35.5. The Kier molecular flexibility index (Phi) is 8.49. The highest BCUT2D eigenvalue weighted by molar-refractivity contribution is 6.30. The highest BCUT2D eigenvalue weighted by Gasteiger charge is 2.32. The van der Waals surface area contributed by atoms with E-state index in [-0.39, 0.29) is 35.2 Å². The summed E-state index contributed by atoms with van der Waals surface area (Å²) in [6, 6.07) is 5.88. The number of amides is 1. The molecule has 2 fully saturated rings. The van der Waals surface area contributed by atoms with Crippen LogP contribution in [0.15, 0.2) is 18.2 Å². The van der Waals surface area contributed by atoms with Gasteiger partial charge in [-0.2, -0.15) is 0 Å². The van der Waals surface area contributed by atoms with Crippen molar-refractivity contribution in [3.8, 4) is 5.75 Å². The smallest absolute Gasteiger partial charge is 0.308 e. The van der Waals surface area contributed by atoms with Gasteiger partial charge < -0.3 is 14.8 Å². The summed E-state index contributed by atoms with van der Waals surface area (Å²) in [4.78, 5) is 24.9. The van der Waals surface area contributed by atoms with Gasteiger partial charge in [0.25, 0.3) is 0 Å². The zero-order valence-electron chi connectivity index (χ0n) is 19.9. The predicted molar refractivity (Wildman–Crippen MR) is 127 cm³/mol. The summed E-state index contributed by atoms with van der Waals surface area (Å²) in [5.41, 5.74) is 1.05. The van der Waals surface area contributed by atoms with Crippen LogP contribution in [-0.2, 0) is 19.7 Å². The van der Waals surface area contributed by atoms with E-state index in [1.165, 1.54) is 7.11 Å². The number of hydrogen-bond acceptors (Lipinski definition) is 4. The third-order valence-corrected chi connectivity index (χ3v) is 7.17. The first-order chi connectivity index (χ1) is 15.2. The summed E-state index contributed by atoms with van der Waals surface area (Å²) < 4.78 is 11.1. The summed E-state index contributed by atoms with van der Waals surface area (Å²) in [7, 11) is 1.43. The molecular formula is C26H38ClNO4. The molecule has 4 atom stereocenters. The second-order valence-corrected chi connectivity index (χ2v) is 11.0. The monoisotopic (exact) mass is 463 g/mol. The molecule has 1 N–H and O–H groups in total. The third-order valence-electron chi connectivity index (χ3n) is 6.93. The van der Waals surface area contributed by atoms with Crippen LogP contribution in [-0.4, -0.2) is 31.6 Å². The molecule has 6 heteroatoms. The Bertz CT molecular complexity index is 804. The van der Waals surface area contributed by atoms with E-state index in [0.29, 0.717) is 24.0 Å². The molecule has 1 aromatic carbocycles. The average molecular weight is 464 g/mol. The Labute approximate surface area is 197 Å². The van der Waals surface area contributed by atoms with Gasteiger partial charge in [-0.3, -0.25) is 9.59 Å². The van der Waals surface area contributed by atoms with Crippen LogP contribution in [0.5, 0.6) is 5.75 Å². The van der Waals surface area contributed by atoms with Crippen molar-refractivity contribution in [1.29, 1.82) is 0 Å². The van der Waals surface area contributed by atoms with Crippen molar-refractivity contribution < 1.29 is 19.1 Å². The molecule has 0 saturated heterocycles. The second kappa shape index (κ2) is 10.9. The minimum absolute atomic E-state index is 0.0168. The predicted octanol–water partition coefficient (Wildman–Crippen LogP) is 5.67. The molecule has 178 valence electrons. The number of carbonyl (C=O) groups excluding carboxylic acids is 2. The maximum absolute atomic E-state index is 13.0. The largest absolute Gasteiger partial charge is 0.493 e. The zero-order valence-corrected chi connectivity index (χ0v) is 20.7. The molecule has 0 bridgehead atoms. The van der Waals surface area contributed by atoms with Crippen molar-refractivity contribution in [2.24, 2.45) is 17.8 Å². The van der Waals surface area contributed by atoms with E-state index in [0.717, 1.165) is 56.3 Å². The summed E-state index contributed by atoms with van der Waals surface area (Å²) in [5.74, 6) is 1.13. The van der Waals surface area contributed by atoms with E-state index < -0.39 is 0 Å². The average Bonchev–Trinajstić information content (AvgIpc) is 2.77. The van der Waals surface area contributed by atoms with Crippen LogP contribution in [0.2, 0.25) is 5.02 Å². The van der Waals surface area contributed by atoms with Crippen molar-refractivity contribution >= 4 is 23.5 Å². The molecule has 3 rings (SSSR count). The first kappa shape index (κ1) is 24.9. The minimum atomic E-state index is -0.157. The summed E-state index contributed by atoms with van der Waals surface area (Å²) in [6.45, 7) is 7.08. The Morgan fingerprint density at radius 2 is 1.78 bits per heavy atom. The lowest BCUT2D eigenvalue weighted by molar-refractivity contribution is -0.147. The van der Waals surface area contributed by atoms with Crippen molar-refractivity contribution in [2.45, 2.75) is 83.6 Å². The molecule has 2 saturated carbocycles. The van der Waals surface area contributed by atoms with E-state index in [1.54, 1.807) is 0 Å². The van der Waals surface area contributed by atoms with Crippen LogP contribution in [0.4, 0.5) is 0 Å². The van der Waals surface area contributed by atoms with Gasteiger partial charge in [-0.1, -0.05) is 45.2 Å². The maximum atomic E-state index is 13.0. The number of halogens is 1. The van der Waals surface area contributed by atoms with Crippen LogP contribution in [0.25, 0.3) is 0 Å². The molecule has 0 spiro atoms. The number of benzene rings is 1. The molecule has 5 nitrogen and oxygen atoms in total. The molecule has 1 aromatic rings. The highest BCUT2D eigenvalue weighted by Crippen LogP contribution is 2.35. The van der Waals surface area contributed by atoms with Crippen molar-refractivity contribution in [3.63, 3.8) is 0 Å². The van der Waals surface area contributed by atoms with Gasteiger partial charge in [-0.25, -0.2) is 0 Å². The number of rotatable bonds is 6. The third kappa shape index (κ3) is 6.63. The summed E-state index contributed by atoms with van der Waals surface area (Å²) >= 11 is 6.21. The molecule has 0 aromatic heterocycles. The molecule has 4 unspecified atom stereocenters. The first-order valence-electron chi connectivity index (χ1n) is 12.0. The van der Waals surface area contributed by atoms with Gasteiger partial charge >= 0.3 is 5.97 Å². The molecule has 0 aliphatic heterocycles. The Morgan fingerprint density at radius 3 is 2.50 bits per heavy atom. The fraction of sp³-hybridized carbons (Fsp3) is 0.692. The number of methoxy groups -OCH3 is 1. The lowest BCUT2D eigenvalue weighted by atomic mass is 9.80. The van der Waals surface area contributed by atoms with Gasteiger partial charge in [-0.15, -0.1) is 0 Å². The van der Waals surface area contributed by atoms with Crippen molar-refractivity contribution in [1.82, 2.24) is 5.32 Å². The molecule has 2 aliphatic rings. The van der Waals surface area contributed by atoms with E-state index in [2.05, 4.69) is 26.1 Å². The van der Waals surface area contributed by atoms with Gasteiger partial charge in [0, 0.05) is 22.5 Å². The van der Waals surface area contributed by atoms with Crippen molar-refractivity contribution in [3.05, 3.63) is 28.8 Å². The van der Waals surface area contributed by atoms with Gasteiger partial charge in [0.1, 0.15) is 5.75 Å². The Balaban J connectivity index is 1.53. The normalized spacial score (nSPS) is 26.3. The first-order valence-corrected chi connectivity index (χ1v) is 12.4. The lowest BCUT2D eigenvalue weighted by Gasteiger charge is -2.32. The van der Waals surface area contributed by atoms with Gasteiger partial charge in [-0.05, 0) is 68.1 Å². The zero-order chi connectivity index (χ0) is 23.3. The molecule has 0 heterocycles. The fourth-order valence-corrected chi connectivity index (χ4v) is 5.30. The SMILES string of the molecule is COC(=O)C1CCCC(NC(=O)C2CCCC(COc3ccc(Cl)cc3C(C)(C)C)C2)C1. The minimum Gasteiger partial charge on any atom is -0.493 e. The number of esters is 1. The topological polar surface area (TPSA) is 64.6 Å². The number of nitrogens with one attached hydrogen (secondary N) is 1. The van der Waals surface area contributed by atoms with Crippen LogP contribution >= 0.6 is 11.6 Å². The quantitative estimate of drug-likeness (QED) is 0.552. The van der Waals surface area contributed by atoms with E-state index in [4.69, 9.17) is 21.1 Å². The number of hydrogen-bond donors (Lipinski definition) is 1. The lowest BCUT2D eigenvalue weighted by Crippen LogP contribution is -2.44. The fourth-order valence-electron chi connectivity index (χ4n) is 5.12. The van der Waals surface area contributed by atoms with E-state index in [1.807, 2.05) is 18.2 Å². The van der Waals surface area contributed by atoms with Gasteiger partial charge in [0.2, 0.25) is 5.91 Å². The Hall–Kier alpha value is -1.75. The molecule has 1 amide bonds. The second-order valence-electron chi connectivity index (χ2n) is 10.5. The van der Waals surface area contributed by atoms with Crippen molar-refractivity contribution in [2.75, 3.05) is 13.7 Å².